The Morgan fingerprint density at radius 2 is 1.67 bits per heavy atom. The van der Waals surface area contributed by atoms with E-state index in [1.54, 1.807) is 33.5 Å². The second-order valence-corrected chi connectivity index (χ2v) is 3.92. The van der Waals surface area contributed by atoms with Crippen molar-refractivity contribution in [2.24, 2.45) is 5.73 Å². The third-order valence-corrected chi connectivity index (χ3v) is 2.80. The molecule has 0 amide bonds. The van der Waals surface area contributed by atoms with Crippen LogP contribution in [0.2, 0.25) is 0 Å². The van der Waals surface area contributed by atoms with Gasteiger partial charge in [0.2, 0.25) is 0 Å². The highest BCUT2D eigenvalue weighted by molar-refractivity contribution is 5.52. The highest BCUT2D eigenvalue weighted by Crippen LogP contribution is 2.38. The summed E-state index contributed by atoms with van der Waals surface area (Å²) in [6.45, 7) is 0.120. The Hall–Kier alpha value is -1.46. The Kier molecular flexibility index (Phi) is 5.74. The monoisotopic (exact) mass is 255 g/mol. The third-order valence-electron chi connectivity index (χ3n) is 2.80. The maximum atomic E-state index is 8.86. The predicted molar refractivity (Wildman–Crippen MR) is 69.3 cm³/mol. The fourth-order valence-corrected chi connectivity index (χ4v) is 1.85. The van der Waals surface area contributed by atoms with Crippen molar-refractivity contribution in [2.75, 3.05) is 27.9 Å². The van der Waals surface area contributed by atoms with E-state index in [9.17, 15) is 0 Å². The molecule has 0 fully saturated rings. The lowest BCUT2D eigenvalue weighted by Gasteiger charge is -2.19. The van der Waals surface area contributed by atoms with Crippen molar-refractivity contribution in [1.82, 2.24) is 0 Å². The summed E-state index contributed by atoms with van der Waals surface area (Å²) in [6.07, 6.45) is 1.30. The topological polar surface area (TPSA) is 73.9 Å². The van der Waals surface area contributed by atoms with E-state index >= 15 is 0 Å². The van der Waals surface area contributed by atoms with Gasteiger partial charge < -0.3 is 25.1 Å². The maximum absolute atomic E-state index is 8.86. The van der Waals surface area contributed by atoms with Gasteiger partial charge in [0.15, 0.2) is 0 Å². The Labute approximate surface area is 107 Å². The van der Waals surface area contributed by atoms with Gasteiger partial charge in [0.1, 0.15) is 17.2 Å². The minimum Gasteiger partial charge on any atom is -0.496 e. The zero-order chi connectivity index (χ0) is 13.5. The van der Waals surface area contributed by atoms with E-state index in [-0.39, 0.29) is 12.6 Å². The van der Waals surface area contributed by atoms with E-state index in [0.717, 1.165) is 5.56 Å². The fourth-order valence-electron chi connectivity index (χ4n) is 1.85. The first-order chi connectivity index (χ1) is 8.67. The summed E-state index contributed by atoms with van der Waals surface area (Å²) in [4.78, 5) is 0. The van der Waals surface area contributed by atoms with Crippen molar-refractivity contribution in [1.29, 1.82) is 0 Å². The molecule has 0 radical (unpaired) electrons. The minimum atomic E-state index is -0.243. The summed E-state index contributed by atoms with van der Waals surface area (Å²) in [5.41, 5.74) is 6.91. The van der Waals surface area contributed by atoms with Crippen LogP contribution in [0.1, 0.15) is 24.4 Å². The molecule has 1 atom stereocenters. The first-order valence-corrected chi connectivity index (χ1v) is 5.84. The summed E-state index contributed by atoms with van der Waals surface area (Å²) < 4.78 is 15.8. The second kappa shape index (κ2) is 7.08. The largest absolute Gasteiger partial charge is 0.496 e. The lowest BCUT2D eigenvalue weighted by Crippen LogP contribution is -2.13. The molecule has 102 valence electrons. The fraction of sp³-hybridized carbons (Fsp3) is 0.538. The van der Waals surface area contributed by atoms with Crippen LogP contribution in [0.15, 0.2) is 12.1 Å². The molecule has 0 unspecified atom stereocenters. The summed E-state index contributed by atoms with van der Waals surface area (Å²) in [5.74, 6) is 1.93. The Bertz CT molecular complexity index is 356. The molecule has 18 heavy (non-hydrogen) atoms. The van der Waals surface area contributed by atoms with E-state index in [2.05, 4.69) is 0 Å². The van der Waals surface area contributed by atoms with Gasteiger partial charge >= 0.3 is 0 Å². The molecule has 1 aromatic rings. The Morgan fingerprint density at radius 3 is 2.06 bits per heavy atom. The van der Waals surface area contributed by atoms with Gasteiger partial charge in [-0.25, -0.2) is 0 Å². The zero-order valence-corrected chi connectivity index (χ0v) is 11.1. The average molecular weight is 255 g/mol. The van der Waals surface area contributed by atoms with E-state index in [4.69, 9.17) is 25.1 Å². The van der Waals surface area contributed by atoms with E-state index in [1.807, 2.05) is 0 Å². The molecule has 0 aliphatic carbocycles. The van der Waals surface area contributed by atoms with Gasteiger partial charge in [-0.05, 0) is 12.8 Å². The normalized spacial score (nSPS) is 12.1. The van der Waals surface area contributed by atoms with E-state index < -0.39 is 0 Å². The lowest BCUT2D eigenvalue weighted by atomic mass is 10.0. The van der Waals surface area contributed by atoms with Crippen LogP contribution < -0.4 is 19.9 Å². The van der Waals surface area contributed by atoms with Gasteiger partial charge in [-0.3, -0.25) is 0 Å². The van der Waals surface area contributed by atoms with Crippen molar-refractivity contribution >= 4 is 0 Å². The predicted octanol–water partition coefficient (Wildman–Crippen LogP) is 1.48. The highest BCUT2D eigenvalue weighted by Gasteiger charge is 2.19. The average Bonchev–Trinajstić information content (AvgIpc) is 2.42. The molecule has 1 aromatic carbocycles. The molecule has 0 saturated heterocycles. The smallest absolute Gasteiger partial charge is 0.131 e. The summed E-state index contributed by atoms with van der Waals surface area (Å²) in [5, 5.41) is 8.86. The van der Waals surface area contributed by atoms with Crippen LogP contribution in [-0.2, 0) is 0 Å². The van der Waals surface area contributed by atoms with Gasteiger partial charge in [-0.2, -0.15) is 0 Å². The van der Waals surface area contributed by atoms with E-state index in [1.165, 1.54) is 0 Å². The molecular weight excluding hydrogens is 234 g/mol. The van der Waals surface area contributed by atoms with Crippen LogP contribution in [0.25, 0.3) is 0 Å². The minimum absolute atomic E-state index is 0.120. The molecule has 0 spiro atoms. The van der Waals surface area contributed by atoms with Crippen molar-refractivity contribution < 1.29 is 19.3 Å². The zero-order valence-electron chi connectivity index (χ0n) is 11.1. The number of aliphatic hydroxyl groups is 1. The summed E-state index contributed by atoms with van der Waals surface area (Å²) in [6, 6.07) is 3.31. The van der Waals surface area contributed by atoms with Gasteiger partial charge in [0.25, 0.3) is 0 Å². The number of benzene rings is 1. The molecule has 3 N–H and O–H groups in total. The van der Waals surface area contributed by atoms with Crippen LogP contribution in [0.4, 0.5) is 0 Å². The molecule has 0 saturated carbocycles. The quantitative estimate of drug-likeness (QED) is 0.772. The van der Waals surface area contributed by atoms with E-state index in [0.29, 0.717) is 30.1 Å². The molecule has 5 nitrogen and oxygen atoms in total. The standard InChI is InChI=1S/C13H21NO4/c1-16-9-7-11(17-2)13(12(8-9)18-3)10(14)5-4-6-15/h7-8,10,15H,4-6,14H2,1-3H3/t10-/m1/s1. The van der Waals surface area contributed by atoms with Crippen LogP contribution in [-0.4, -0.2) is 33.0 Å². The molecule has 0 bridgehead atoms. The second-order valence-electron chi connectivity index (χ2n) is 3.92. The molecule has 5 heteroatoms. The Morgan fingerprint density at radius 1 is 1.11 bits per heavy atom. The number of hydrogen-bond acceptors (Lipinski definition) is 5. The summed E-state index contributed by atoms with van der Waals surface area (Å²) >= 11 is 0. The first kappa shape index (κ1) is 14.6. The molecular formula is C13H21NO4. The van der Waals surface area contributed by atoms with Crippen molar-refractivity contribution in [2.45, 2.75) is 18.9 Å². The number of rotatable bonds is 7. The van der Waals surface area contributed by atoms with Gasteiger partial charge in [0.05, 0.1) is 26.9 Å². The number of nitrogens with two attached hydrogens (primary N) is 1. The van der Waals surface area contributed by atoms with Crippen LogP contribution in [0.5, 0.6) is 17.2 Å². The summed E-state index contributed by atoms with van der Waals surface area (Å²) in [7, 11) is 4.74. The number of methoxy groups -OCH3 is 3. The number of aliphatic hydroxyl groups excluding tert-OH is 1. The third kappa shape index (κ3) is 3.27. The van der Waals surface area contributed by atoms with Crippen molar-refractivity contribution in [3.05, 3.63) is 17.7 Å². The van der Waals surface area contributed by atoms with Crippen LogP contribution in [0.3, 0.4) is 0 Å². The molecule has 1 rings (SSSR count). The van der Waals surface area contributed by atoms with Crippen molar-refractivity contribution in [3.8, 4) is 17.2 Å². The lowest BCUT2D eigenvalue weighted by molar-refractivity contribution is 0.278. The van der Waals surface area contributed by atoms with Gasteiger partial charge in [-0.1, -0.05) is 0 Å². The molecule has 0 aliphatic heterocycles. The van der Waals surface area contributed by atoms with Crippen LogP contribution in [0, 0.1) is 0 Å². The van der Waals surface area contributed by atoms with Gasteiger partial charge in [-0.15, -0.1) is 0 Å². The SMILES string of the molecule is COc1cc(OC)c([C@H](N)CCCO)c(OC)c1. The molecule has 0 aromatic heterocycles. The number of ether oxygens (including phenoxy) is 3. The van der Waals surface area contributed by atoms with Crippen LogP contribution >= 0.6 is 0 Å². The Balaban J connectivity index is 3.13. The maximum Gasteiger partial charge on any atom is 0.131 e. The molecule has 0 heterocycles. The first-order valence-electron chi connectivity index (χ1n) is 5.84. The van der Waals surface area contributed by atoms with Crippen molar-refractivity contribution in [3.63, 3.8) is 0 Å². The highest BCUT2D eigenvalue weighted by atomic mass is 16.5. The van der Waals surface area contributed by atoms with Gasteiger partial charge in [0, 0.05) is 24.8 Å². The molecule has 0 aliphatic rings. The number of hydrogen-bond donors (Lipinski definition) is 2.